The third-order valence-electron chi connectivity index (χ3n) is 4.80. The molecule has 0 unspecified atom stereocenters. The van der Waals surface area contributed by atoms with E-state index in [4.69, 9.17) is 4.74 Å². The summed E-state index contributed by atoms with van der Waals surface area (Å²) in [5.74, 6) is -0.122. The standard InChI is InChI=1S/C21H21N5O5S/c1-5-10-25-19(14-6-8-15(9-7-14)26(29)30)23-24-21(25)32-11-16(27)18-12(2)17(13(3)22-18)20(28)31-4/h5-9,22H,1,10-11H2,2-4H3. The summed E-state index contributed by atoms with van der Waals surface area (Å²) in [6.45, 7) is 7.55. The summed E-state index contributed by atoms with van der Waals surface area (Å²) in [6.07, 6.45) is 1.67. The average molecular weight is 455 g/mol. The van der Waals surface area contributed by atoms with Crippen molar-refractivity contribution >= 4 is 29.2 Å². The van der Waals surface area contributed by atoms with E-state index >= 15 is 0 Å². The van der Waals surface area contributed by atoms with Crippen molar-refractivity contribution in [3.63, 3.8) is 0 Å². The summed E-state index contributed by atoms with van der Waals surface area (Å²) in [7, 11) is 1.29. The van der Waals surface area contributed by atoms with Crippen molar-refractivity contribution in [3.05, 3.63) is 69.5 Å². The number of carbonyl (C=O) groups excluding carboxylic acids is 2. The molecule has 0 aliphatic heterocycles. The topological polar surface area (TPSA) is 133 Å². The van der Waals surface area contributed by atoms with E-state index in [1.807, 2.05) is 0 Å². The summed E-state index contributed by atoms with van der Waals surface area (Å²) in [4.78, 5) is 38.2. The number of methoxy groups -OCH3 is 1. The molecule has 32 heavy (non-hydrogen) atoms. The van der Waals surface area contributed by atoms with E-state index in [2.05, 4.69) is 21.8 Å². The summed E-state index contributed by atoms with van der Waals surface area (Å²) >= 11 is 1.20. The van der Waals surface area contributed by atoms with E-state index in [1.165, 1.54) is 31.0 Å². The molecule has 0 aliphatic rings. The van der Waals surface area contributed by atoms with Gasteiger partial charge in [-0.1, -0.05) is 17.8 Å². The minimum Gasteiger partial charge on any atom is -0.465 e. The fraction of sp³-hybridized carbons (Fsp3) is 0.238. The number of aryl methyl sites for hydroxylation is 1. The number of H-pyrrole nitrogens is 1. The highest BCUT2D eigenvalue weighted by atomic mass is 32.2. The predicted molar refractivity (Wildman–Crippen MR) is 119 cm³/mol. The molecule has 11 heteroatoms. The molecule has 0 fully saturated rings. The molecule has 2 aromatic heterocycles. The summed E-state index contributed by atoms with van der Waals surface area (Å²) in [6, 6.07) is 5.99. The molecule has 0 spiro atoms. The van der Waals surface area contributed by atoms with Crippen LogP contribution in [0.4, 0.5) is 5.69 Å². The molecule has 1 N–H and O–H groups in total. The van der Waals surface area contributed by atoms with Crippen LogP contribution in [0.25, 0.3) is 11.4 Å². The minimum absolute atomic E-state index is 0.0216. The van der Waals surface area contributed by atoms with Crippen LogP contribution in [0.3, 0.4) is 0 Å². The molecule has 0 atom stereocenters. The number of rotatable bonds is 9. The number of nitrogens with zero attached hydrogens (tertiary/aromatic N) is 4. The van der Waals surface area contributed by atoms with E-state index in [-0.39, 0.29) is 17.2 Å². The number of ether oxygens (including phenoxy) is 1. The van der Waals surface area contributed by atoms with E-state index in [0.29, 0.717) is 45.6 Å². The number of allylic oxidation sites excluding steroid dienone is 1. The van der Waals surface area contributed by atoms with Crippen molar-refractivity contribution < 1.29 is 19.2 Å². The van der Waals surface area contributed by atoms with E-state index in [1.54, 1.807) is 36.6 Å². The van der Waals surface area contributed by atoms with Gasteiger partial charge in [0.15, 0.2) is 16.8 Å². The van der Waals surface area contributed by atoms with Crippen molar-refractivity contribution in [2.24, 2.45) is 0 Å². The van der Waals surface area contributed by atoms with Crippen molar-refractivity contribution in [1.29, 1.82) is 0 Å². The fourth-order valence-corrected chi connectivity index (χ4v) is 4.09. The van der Waals surface area contributed by atoms with Gasteiger partial charge >= 0.3 is 5.97 Å². The predicted octanol–water partition coefficient (Wildman–Crippen LogP) is 3.75. The molecule has 0 saturated carbocycles. The Morgan fingerprint density at radius 1 is 1.28 bits per heavy atom. The first-order valence-corrected chi connectivity index (χ1v) is 10.5. The molecule has 3 rings (SSSR count). The van der Waals surface area contributed by atoms with Crippen molar-refractivity contribution in [3.8, 4) is 11.4 Å². The van der Waals surface area contributed by atoms with E-state index < -0.39 is 10.9 Å². The van der Waals surface area contributed by atoms with Gasteiger partial charge < -0.3 is 9.72 Å². The number of carbonyl (C=O) groups is 2. The van der Waals surface area contributed by atoms with Crippen LogP contribution in [-0.2, 0) is 11.3 Å². The van der Waals surface area contributed by atoms with E-state index in [9.17, 15) is 19.7 Å². The highest BCUT2D eigenvalue weighted by Gasteiger charge is 2.23. The molecular formula is C21H21N5O5S. The van der Waals surface area contributed by atoms with Gasteiger partial charge in [0.05, 0.1) is 29.0 Å². The maximum Gasteiger partial charge on any atom is 0.339 e. The van der Waals surface area contributed by atoms with Gasteiger partial charge in [0.1, 0.15) is 0 Å². The van der Waals surface area contributed by atoms with Crippen LogP contribution in [0.5, 0.6) is 0 Å². The summed E-state index contributed by atoms with van der Waals surface area (Å²) in [5, 5.41) is 19.8. The maximum absolute atomic E-state index is 12.8. The second-order valence-corrected chi connectivity index (χ2v) is 7.78. The lowest BCUT2D eigenvalue weighted by atomic mass is 10.1. The molecule has 1 aromatic carbocycles. The van der Waals surface area contributed by atoms with E-state index in [0.717, 1.165) is 0 Å². The lowest BCUT2D eigenvalue weighted by molar-refractivity contribution is -0.384. The number of nitro groups is 1. The van der Waals surface area contributed by atoms with Crippen LogP contribution in [-0.4, -0.2) is 49.3 Å². The smallest absolute Gasteiger partial charge is 0.339 e. The normalized spacial score (nSPS) is 10.7. The molecule has 2 heterocycles. The second-order valence-electron chi connectivity index (χ2n) is 6.84. The first kappa shape index (κ1) is 22.9. The second kappa shape index (κ2) is 9.60. The first-order chi connectivity index (χ1) is 15.3. The molecule has 10 nitrogen and oxygen atoms in total. The van der Waals surface area contributed by atoms with Gasteiger partial charge in [0, 0.05) is 29.9 Å². The van der Waals surface area contributed by atoms with Crippen LogP contribution in [0.15, 0.2) is 42.1 Å². The quantitative estimate of drug-likeness (QED) is 0.129. The molecular weight excluding hydrogens is 434 g/mol. The molecule has 0 amide bonds. The van der Waals surface area contributed by atoms with Crippen LogP contribution in [0, 0.1) is 24.0 Å². The monoisotopic (exact) mass is 455 g/mol. The molecule has 0 aliphatic carbocycles. The Labute approximate surface area is 187 Å². The van der Waals surface area contributed by atoms with Gasteiger partial charge in [-0.25, -0.2) is 4.79 Å². The third kappa shape index (κ3) is 4.47. The Morgan fingerprint density at radius 2 is 1.97 bits per heavy atom. The largest absolute Gasteiger partial charge is 0.465 e. The first-order valence-electron chi connectivity index (χ1n) is 9.50. The van der Waals surface area contributed by atoms with Gasteiger partial charge in [0.25, 0.3) is 5.69 Å². The minimum atomic E-state index is -0.499. The number of ketones is 1. The average Bonchev–Trinajstić information content (AvgIpc) is 3.31. The number of benzene rings is 1. The number of esters is 1. The number of non-ortho nitro benzene ring substituents is 1. The highest BCUT2D eigenvalue weighted by Crippen LogP contribution is 2.27. The molecule has 3 aromatic rings. The molecule has 0 bridgehead atoms. The van der Waals surface area contributed by atoms with Gasteiger partial charge in [0.2, 0.25) is 0 Å². The van der Waals surface area contributed by atoms with Gasteiger partial charge in [-0.15, -0.1) is 16.8 Å². The number of nitro benzene ring substituents is 1. The summed E-state index contributed by atoms with van der Waals surface area (Å²) in [5.41, 5.74) is 2.45. The number of aromatic nitrogens is 4. The Kier molecular flexibility index (Phi) is 6.89. The molecule has 166 valence electrons. The van der Waals surface area contributed by atoms with Crippen molar-refractivity contribution in [2.75, 3.05) is 12.9 Å². The van der Waals surface area contributed by atoms with Crippen LogP contribution >= 0.6 is 11.8 Å². The Hall–Kier alpha value is -3.73. The van der Waals surface area contributed by atoms with Gasteiger partial charge in [-0.3, -0.25) is 19.5 Å². The zero-order valence-corrected chi connectivity index (χ0v) is 18.6. The number of nitrogens with one attached hydrogen (secondary N) is 1. The maximum atomic E-state index is 12.8. The Balaban J connectivity index is 1.83. The number of aromatic amines is 1. The number of Topliss-reactive ketones (excluding diaryl/α,β-unsaturated/α-hetero) is 1. The number of hydrogen-bond donors (Lipinski definition) is 1. The van der Waals surface area contributed by atoms with Gasteiger partial charge in [-0.2, -0.15) is 0 Å². The lowest BCUT2D eigenvalue weighted by Gasteiger charge is -2.07. The molecule has 0 radical (unpaired) electrons. The Bertz CT molecular complexity index is 1200. The Morgan fingerprint density at radius 3 is 2.56 bits per heavy atom. The van der Waals surface area contributed by atoms with Crippen LogP contribution in [0.2, 0.25) is 0 Å². The van der Waals surface area contributed by atoms with Crippen molar-refractivity contribution in [2.45, 2.75) is 25.5 Å². The van der Waals surface area contributed by atoms with Gasteiger partial charge in [-0.05, 0) is 31.5 Å². The van der Waals surface area contributed by atoms with Crippen molar-refractivity contribution in [1.82, 2.24) is 19.7 Å². The fourth-order valence-electron chi connectivity index (χ4n) is 3.27. The molecule has 0 saturated heterocycles. The van der Waals surface area contributed by atoms with Crippen LogP contribution in [0.1, 0.15) is 32.1 Å². The number of hydrogen-bond acceptors (Lipinski definition) is 8. The highest BCUT2D eigenvalue weighted by molar-refractivity contribution is 7.99. The van der Waals surface area contributed by atoms with Crippen LogP contribution < -0.4 is 0 Å². The summed E-state index contributed by atoms with van der Waals surface area (Å²) < 4.78 is 6.56. The lowest BCUT2D eigenvalue weighted by Crippen LogP contribution is -2.08. The zero-order chi connectivity index (χ0) is 23.4. The number of thioether (sulfide) groups is 1. The third-order valence-corrected chi connectivity index (χ3v) is 5.77. The SMILES string of the molecule is C=CCn1c(SCC(=O)c2[nH]c(C)c(C(=O)OC)c2C)nnc1-c1ccc([N+](=O)[O-])cc1. The zero-order valence-electron chi connectivity index (χ0n) is 17.7.